The third kappa shape index (κ3) is 13.9. The summed E-state index contributed by atoms with van der Waals surface area (Å²) in [5.74, 6) is -2.87. The first-order valence-corrected chi connectivity index (χ1v) is 27.4. The highest BCUT2D eigenvalue weighted by Gasteiger charge is 2.53. The number of alkyl halides is 1. The minimum atomic E-state index is -1.85. The van der Waals surface area contributed by atoms with Crippen molar-refractivity contribution in [2.75, 3.05) is 73.2 Å². The number of hydrogen-bond donors (Lipinski definition) is 5. The fourth-order valence-electron chi connectivity index (χ4n) is 12.2. The molecule has 1 aromatic heterocycles. The summed E-state index contributed by atoms with van der Waals surface area (Å²) in [6.07, 6.45) is -7.70. The van der Waals surface area contributed by atoms with Crippen LogP contribution in [0.15, 0.2) is 30.5 Å². The molecule has 0 radical (unpaired) electrons. The highest BCUT2D eigenvalue weighted by molar-refractivity contribution is 5.73. The van der Waals surface area contributed by atoms with Crippen LogP contribution in [-0.4, -0.2) is 221 Å². The van der Waals surface area contributed by atoms with Crippen molar-refractivity contribution in [3.8, 4) is 0 Å². The molecule has 21 heteroatoms. The molecule has 0 bridgehead atoms. The SMILES string of the molecule is CC[C@H]1OC(=O)[C@H](C)[C@@H](O[C@H]2C[C@@](C)(OC)[C@@H](O)[C@H](C)O2)[C@H](C)[C@@H](O[C@@H]2O[C@H](C)C[C@H](N(C)CCc3cn([C@H](CF)[C@H](OC)c4ccc(N5CC(OC)C5)cc4)nn3)[C@H]2O)[C@](C)(O)C[C@@H](C)CN(C)[C@H](C)[C@@H](O)[C@]1(C)O. The van der Waals surface area contributed by atoms with E-state index >= 15 is 0 Å². The number of anilines is 1. The Labute approximate surface area is 450 Å². The van der Waals surface area contributed by atoms with Gasteiger partial charge in [0.2, 0.25) is 0 Å². The molecule has 0 spiro atoms. The van der Waals surface area contributed by atoms with Gasteiger partial charge in [0, 0.05) is 90.2 Å². The number of hydrogen-bond acceptors (Lipinski definition) is 19. The van der Waals surface area contributed by atoms with E-state index in [1.807, 2.05) is 62.0 Å². The van der Waals surface area contributed by atoms with Crippen molar-refractivity contribution in [2.24, 2.45) is 17.8 Å². The fraction of sp³-hybridized carbons (Fsp3) is 0.836. The highest BCUT2D eigenvalue weighted by Crippen LogP contribution is 2.41. The minimum absolute atomic E-state index is 0.0854. The van der Waals surface area contributed by atoms with E-state index < -0.39 is 127 Å². The van der Waals surface area contributed by atoms with Crippen molar-refractivity contribution in [3.05, 3.63) is 41.7 Å². The second-order valence-corrected chi connectivity index (χ2v) is 23.4. The first kappa shape index (κ1) is 62.2. The molecule has 434 valence electrons. The largest absolute Gasteiger partial charge is 0.459 e. The normalized spacial score (nSPS) is 39.7. The number of aliphatic hydroxyl groups excluding tert-OH is 3. The predicted molar refractivity (Wildman–Crippen MR) is 281 cm³/mol. The summed E-state index contributed by atoms with van der Waals surface area (Å²) >= 11 is 0. The number of rotatable bonds is 17. The molecule has 4 fully saturated rings. The second kappa shape index (κ2) is 26.1. The van der Waals surface area contributed by atoms with E-state index in [0.717, 1.165) is 24.3 Å². The van der Waals surface area contributed by atoms with Crippen molar-refractivity contribution >= 4 is 11.7 Å². The monoisotopic (exact) mass is 1080 g/mol. The van der Waals surface area contributed by atoms with Gasteiger partial charge in [0.1, 0.15) is 48.8 Å². The van der Waals surface area contributed by atoms with Crippen molar-refractivity contribution in [1.82, 2.24) is 24.8 Å². The van der Waals surface area contributed by atoms with Crippen LogP contribution in [0, 0.1) is 17.8 Å². The maximum atomic E-state index is 14.9. The van der Waals surface area contributed by atoms with E-state index in [0.29, 0.717) is 31.6 Å². The number of aliphatic hydroxyl groups is 5. The van der Waals surface area contributed by atoms with Crippen LogP contribution >= 0.6 is 0 Å². The van der Waals surface area contributed by atoms with Crippen molar-refractivity contribution in [1.29, 1.82) is 0 Å². The number of ether oxygens (including phenoxy) is 8. The van der Waals surface area contributed by atoms with Crippen LogP contribution in [0.25, 0.3) is 0 Å². The molecule has 5 N–H and O–H groups in total. The summed E-state index contributed by atoms with van der Waals surface area (Å²) in [6.45, 7) is 19.2. The Bertz CT molecular complexity index is 2120. The molecule has 0 unspecified atom stereocenters. The Balaban J connectivity index is 1.24. The quantitative estimate of drug-likeness (QED) is 0.142. The van der Waals surface area contributed by atoms with Gasteiger partial charge in [0.25, 0.3) is 0 Å². The summed E-state index contributed by atoms with van der Waals surface area (Å²) < 4.78 is 66.1. The summed E-state index contributed by atoms with van der Waals surface area (Å²) in [6, 6.07) is 6.05. The number of carbonyl (C=O) groups excluding carboxylic acids is 1. The van der Waals surface area contributed by atoms with E-state index in [9.17, 15) is 34.7 Å². The number of benzene rings is 1. The number of esters is 1. The maximum Gasteiger partial charge on any atom is 0.311 e. The van der Waals surface area contributed by atoms with Crippen molar-refractivity contribution in [2.45, 2.75) is 210 Å². The van der Waals surface area contributed by atoms with Crippen LogP contribution in [-0.2, 0) is 49.1 Å². The molecule has 1 aromatic carbocycles. The predicted octanol–water partition coefficient (Wildman–Crippen LogP) is 3.84. The average molecular weight is 1080 g/mol. The van der Waals surface area contributed by atoms with Crippen molar-refractivity contribution in [3.63, 3.8) is 0 Å². The lowest BCUT2D eigenvalue weighted by Gasteiger charge is -2.49. The van der Waals surface area contributed by atoms with Gasteiger partial charge < -0.3 is 78.1 Å². The molecule has 20 nitrogen and oxygen atoms in total. The fourth-order valence-corrected chi connectivity index (χ4v) is 12.2. The number of aromatic nitrogens is 3. The van der Waals surface area contributed by atoms with Crippen LogP contribution in [0.4, 0.5) is 10.1 Å². The van der Waals surface area contributed by atoms with Gasteiger partial charge in [0.15, 0.2) is 12.6 Å². The van der Waals surface area contributed by atoms with Gasteiger partial charge in [-0.2, -0.15) is 0 Å². The van der Waals surface area contributed by atoms with Gasteiger partial charge in [-0.05, 0) is 105 Å². The molecule has 5 heterocycles. The average Bonchev–Trinajstić information content (AvgIpc) is 3.84. The number of cyclic esters (lactones) is 1. The maximum absolute atomic E-state index is 14.9. The third-order valence-electron chi connectivity index (χ3n) is 17.3. The van der Waals surface area contributed by atoms with Crippen LogP contribution < -0.4 is 4.90 Å². The van der Waals surface area contributed by atoms with Gasteiger partial charge in [-0.3, -0.25) is 4.79 Å². The molecule has 0 aliphatic carbocycles. The molecular formula is C55H93FN6O14. The van der Waals surface area contributed by atoms with E-state index in [1.54, 1.807) is 68.9 Å². The van der Waals surface area contributed by atoms with Crippen molar-refractivity contribution < 1.29 is 72.6 Å². The molecule has 0 saturated carbocycles. The molecular weight excluding hydrogens is 988 g/mol. The topological polar surface area (TPSA) is 232 Å². The molecule has 4 saturated heterocycles. The molecule has 0 amide bonds. The molecule has 20 atom stereocenters. The zero-order valence-corrected chi connectivity index (χ0v) is 47.8. The van der Waals surface area contributed by atoms with Gasteiger partial charge in [-0.1, -0.05) is 38.1 Å². The standard InChI is InChI=1S/C55H93FN6O14/c1-16-43-55(10,68)48(64)35(6)60(12)27-31(2)24-53(8,67)50(33(4)46(34(5)51(66)74-43)75-44-25-54(9,71-15)49(65)36(7)73-44)76-52-45(63)41(23-32(3)72-52)59(11)22-21-38-28-62(58-57-38)42(26-56)47(70-14)37-17-19-39(20-18-37)61-29-40(30-61)69-13/h17-20,28,31-36,40-50,52,63-65,67-68H,16,21-27,29-30H2,1-15H3/t31-,32-,33+,34-,35-,36+,41+,42-,43-,44+,45-,46+,47-,48-,49+,50-,52+,53-,54-,55-/m1/s1. The Morgan fingerprint density at radius 3 is 2.21 bits per heavy atom. The summed E-state index contributed by atoms with van der Waals surface area (Å²) in [4.78, 5) is 20.7. The van der Waals surface area contributed by atoms with Crippen LogP contribution in [0.1, 0.15) is 118 Å². The number of halogens is 1. The Morgan fingerprint density at radius 1 is 0.934 bits per heavy atom. The Hall–Kier alpha value is -3.00. The lowest BCUT2D eigenvalue weighted by Crippen LogP contribution is -2.61. The van der Waals surface area contributed by atoms with Crippen LogP contribution in [0.5, 0.6) is 0 Å². The molecule has 2 aromatic rings. The summed E-state index contributed by atoms with van der Waals surface area (Å²) in [5.41, 5.74) is -2.11. The zero-order valence-electron chi connectivity index (χ0n) is 47.8. The van der Waals surface area contributed by atoms with Crippen LogP contribution in [0.2, 0.25) is 0 Å². The second-order valence-electron chi connectivity index (χ2n) is 23.4. The third-order valence-corrected chi connectivity index (χ3v) is 17.3. The first-order chi connectivity index (χ1) is 35.7. The Morgan fingerprint density at radius 2 is 1.61 bits per heavy atom. The summed E-state index contributed by atoms with van der Waals surface area (Å²) in [7, 11) is 8.49. The molecule has 4 aliphatic rings. The smallest absolute Gasteiger partial charge is 0.311 e. The number of carbonyl (C=O) groups is 1. The first-order valence-electron chi connectivity index (χ1n) is 27.4. The van der Waals surface area contributed by atoms with Gasteiger partial charge in [0.05, 0.1) is 53.3 Å². The van der Waals surface area contributed by atoms with E-state index in [1.165, 1.54) is 18.7 Å². The lowest BCUT2D eigenvalue weighted by molar-refractivity contribution is -0.318. The molecule has 6 rings (SSSR count). The number of nitrogens with zero attached hydrogens (tertiary/aromatic N) is 6. The van der Waals surface area contributed by atoms with Gasteiger partial charge in [-0.25, -0.2) is 9.07 Å². The van der Waals surface area contributed by atoms with Gasteiger partial charge in [-0.15, -0.1) is 5.10 Å². The minimum Gasteiger partial charge on any atom is -0.459 e. The van der Waals surface area contributed by atoms with Crippen LogP contribution in [0.3, 0.4) is 0 Å². The highest BCUT2D eigenvalue weighted by atomic mass is 19.1. The Kier molecular flexibility index (Phi) is 21.3. The summed E-state index contributed by atoms with van der Waals surface area (Å²) in [5, 5.41) is 68.7. The number of likely N-dealkylation sites (N-methyl/N-ethyl adjacent to an activating group) is 2. The van der Waals surface area contributed by atoms with Gasteiger partial charge >= 0.3 is 5.97 Å². The molecule has 76 heavy (non-hydrogen) atoms. The zero-order chi connectivity index (χ0) is 56.2. The van der Waals surface area contributed by atoms with E-state index in [2.05, 4.69) is 15.2 Å². The lowest BCUT2D eigenvalue weighted by atomic mass is 9.77. The molecule has 4 aliphatic heterocycles. The van der Waals surface area contributed by atoms with E-state index in [-0.39, 0.29) is 31.3 Å². The number of methoxy groups -OCH3 is 3. The van der Waals surface area contributed by atoms with E-state index in [4.69, 9.17) is 37.9 Å².